The SMILES string of the molecule is CCCNC(=O)Cn1c(Cc2ccccc2Cl)nc2ccccc21. The second-order valence-corrected chi connectivity index (χ2v) is 6.13. The molecule has 1 N–H and O–H groups in total. The third-order valence-corrected chi connectivity index (χ3v) is 4.28. The molecule has 0 aliphatic rings. The van der Waals surface area contributed by atoms with Crippen LogP contribution < -0.4 is 5.32 Å². The molecule has 0 saturated carbocycles. The number of hydrogen-bond donors (Lipinski definition) is 1. The van der Waals surface area contributed by atoms with Crippen LogP contribution in [-0.4, -0.2) is 22.0 Å². The van der Waals surface area contributed by atoms with Crippen molar-refractivity contribution in [1.29, 1.82) is 0 Å². The van der Waals surface area contributed by atoms with Gasteiger partial charge in [0.25, 0.3) is 0 Å². The summed E-state index contributed by atoms with van der Waals surface area (Å²) in [7, 11) is 0. The Balaban J connectivity index is 1.96. The van der Waals surface area contributed by atoms with Crippen LogP contribution in [0.1, 0.15) is 24.7 Å². The molecule has 24 heavy (non-hydrogen) atoms. The molecule has 3 aromatic rings. The summed E-state index contributed by atoms with van der Waals surface area (Å²) in [6.07, 6.45) is 1.51. The van der Waals surface area contributed by atoms with Gasteiger partial charge in [-0.1, -0.05) is 48.9 Å². The van der Waals surface area contributed by atoms with E-state index in [0.717, 1.165) is 28.8 Å². The Morgan fingerprint density at radius 1 is 1.17 bits per heavy atom. The number of halogens is 1. The van der Waals surface area contributed by atoms with Crippen LogP contribution in [-0.2, 0) is 17.8 Å². The van der Waals surface area contributed by atoms with Crippen LogP contribution in [0.15, 0.2) is 48.5 Å². The predicted octanol–water partition coefficient (Wildman–Crippen LogP) is 3.81. The average molecular weight is 342 g/mol. The van der Waals surface area contributed by atoms with Gasteiger partial charge in [-0.25, -0.2) is 4.98 Å². The third-order valence-electron chi connectivity index (χ3n) is 3.91. The number of aromatic nitrogens is 2. The minimum atomic E-state index is 0.000381. The molecule has 0 bridgehead atoms. The zero-order valence-corrected chi connectivity index (χ0v) is 14.4. The van der Waals surface area contributed by atoms with E-state index < -0.39 is 0 Å². The highest BCUT2D eigenvalue weighted by molar-refractivity contribution is 6.31. The Labute approximate surface area is 146 Å². The highest BCUT2D eigenvalue weighted by atomic mass is 35.5. The van der Waals surface area contributed by atoms with E-state index >= 15 is 0 Å². The minimum Gasteiger partial charge on any atom is -0.355 e. The van der Waals surface area contributed by atoms with Crippen molar-refractivity contribution in [3.8, 4) is 0 Å². The van der Waals surface area contributed by atoms with Gasteiger partial charge in [0.15, 0.2) is 0 Å². The lowest BCUT2D eigenvalue weighted by Crippen LogP contribution is -2.28. The maximum Gasteiger partial charge on any atom is 0.240 e. The van der Waals surface area contributed by atoms with Crippen molar-refractivity contribution in [2.24, 2.45) is 0 Å². The van der Waals surface area contributed by atoms with Gasteiger partial charge in [-0.15, -0.1) is 0 Å². The second kappa shape index (κ2) is 7.49. The standard InChI is InChI=1S/C19H20ClN3O/c1-2-11-21-19(24)13-23-17-10-6-5-9-16(17)22-18(23)12-14-7-3-4-8-15(14)20/h3-10H,2,11-13H2,1H3,(H,21,24). The number of hydrogen-bond acceptors (Lipinski definition) is 2. The Hall–Kier alpha value is -2.33. The number of carbonyl (C=O) groups is 1. The molecule has 0 fully saturated rings. The summed E-state index contributed by atoms with van der Waals surface area (Å²) in [6.45, 7) is 2.99. The first-order valence-corrected chi connectivity index (χ1v) is 8.51. The Kier molecular flexibility index (Phi) is 5.16. The number of amides is 1. The van der Waals surface area contributed by atoms with E-state index in [1.54, 1.807) is 0 Å². The number of benzene rings is 2. The number of carbonyl (C=O) groups excluding carboxylic acids is 1. The average Bonchev–Trinajstić information content (AvgIpc) is 2.92. The fraction of sp³-hybridized carbons (Fsp3) is 0.263. The van der Waals surface area contributed by atoms with Crippen LogP contribution in [0, 0.1) is 0 Å². The molecule has 4 nitrogen and oxygen atoms in total. The molecule has 3 rings (SSSR count). The minimum absolute atomic E-state index is 0.000381. The number of imidazole rings is 1. The molecule has 0 saturated heterocycles. The van der Waals surface area contributed by atoms with Gasteiger partial charge >= 0.3 is 0 Å². The zero-order chi connectivity index (χ0) is 16.9. The first-order valence-electron chi connectivity index (χ1n) is 8.13. The summed E-state index contributed by atoms with van der Waals surface area (Å²) in [4.78, 5) is 16.9. The monoisotopic (exact) mass is 341 g/mol. The Bertz CT molecular complexity index is 857. The number of para-hydroxylation sites is 2. The molecule has 0 atom stereocenters. The van der Waals surface area contributed by atoms with Crippen molar-refractivity contribution in [3.05, 3.63) is 64.9 Å². The lowest BCUT2D eigenvalue weighted by molar-refractivity contribution is -0.121. The summed E-state index contributed by atoms with van der Waals surface area (Å²) in [5, 5.41) is 3.64. The fourth-order valence-electron chi connectivity index (χ4n) is 2.71. The number of nitrogens with one attached hydrogen (secondary N) is 1. The lowest BCUT2D eigenvalue weighted by atomic mass is 10.1. The van der Waals surface area contributed by atoms with E-state index in [2.05, 4.69) is 5.32 Å². The van der Waals surface area contributed by atoms with Crippen molar-refractivity contribution in [2.45, 2.75) is 26.3 Å². The molecule has 1 amide bonds. The van der Waals surface area contributed by atoms with E-state index in [1.807, 2.05) is 60.0 Å². The van der Waals surface area contributed by atoms with Gasteiger partial charge in [-0.05, 0) is 30.2 Å². The van der Waals surface area contributed by atoms with Gasteiger partial charge < -0.3 is 9.88 Å². The summed E-state index contributed by atoms with van der Waals surface area (Å²) >= 11 is 6.28. The molecule has 2 aromatic carbocycles. The molecule has 5 heteroatoms. The van der Waals surface area contributed by atoms with Crippen molar-refractivity contribution in [3.63, 3.8) is 0 Å². The van der Waals surface area contributed by atoms with E-state index in [4.69, 9.17) is 16.6 Å². The van der Waals surface area contributed by atoms with Gasteiger partial charge in [-0.3, -0.25) is 4.79 Å². The molecule has 0 aliphatic heterocycles. The van der Waals surface area contributed by atoms with E-state index in [0.29, 0.717) is 18.0 Å². The van der Waals surface area contributed by atoms with E-state index in [9.17, 15) is 4.79 Å². The van der Waals surface area contributed by atoms with Crippen LogP contribution in [0.3, 0.4) is 0 Å². The molecule has 0 radical (unpaired) electrons. The van der Waals surface area contributed by atoms with Gasteiger partial charge in [0, 0.05) is 18.0 Å². The van der Waals surface area contributed by atoms with Gasteiger partial charge in [0.2, 0.25) is 5.91 Å². The molecular weight excluding hydrogens is 322 g/mol. The molecule has 0 spiro atoms. The zero-order valence-electron chi connectivity index (χ0n) is 13.6. The van der Waals surface area contributed by atoms with E-state index in [1.165, 1.54) is 0 Å². The molecule has 124 valence electrons. The Morgan fingerprint density at radius 3 is 2.71 bits per heavy atom. The van der Waals surface area contributed by atoms with Crippen LogP contribution in [0.2, 0.25) is 5.02 Å². The Morgan fingerprint density at radius 2 is 1.92 bits per heavy atom. The summed E-state index contributed by atoms with van der Waals surface area (Å²) < 4.78 is 1.98. The predicted molar refractivity (Wildman–Crippen MR) is 97.3 cm³/mol. The van der Waals surface area contributed by atoms with Gasteiger partial charge in [0.05, 0.1) is 11.0 Å². The first-order chi connectivity index (χ1) is 11.7. The summed E-state index contributed by atoms with van der Waals surface area (Å²) in [5.41, 5.74) is 2.86. The van der Waals surface area contributed by atoms with Crippen LogP contribution in [0.25, 0.3) is 11.0 Å². The first kappa shape index (κ1) is 16.5. The van der Waals surface area contributed by atoms with Crippen LogP contribution >= 0.6 is 11.6 Å². The summed E-state index contributed by atoms with van der Waals surface area (Å²) in [5.74, 6) is 0.844. The lowest BCUT2D eigenvalue weighted by Gasteiger charge is -2.10. The molecule has 1 heterocycles. The number of rotatable bonds is 6. The maximum atomic E-state index is 12.2. The third kappa shape index (κ3) is 3.60. The molecular formula is C19H20ClN3O. The highest BCUT2D eigenvalue weighted by Crippen LogP contribution is 2.22. The van der Waals surface area contributed by atoms with E-state index in [-0.39, 0.29) is 12.5 Å². The van der Waals surface area contributed by atoms with Crippen molar-refractivity contribution in [2.75, 3.05) is 6.54 Å². The quantitative estimate of drug-likeness (QED) is 0.741. The molecule has 0 aliphatic carbocycles. The van der Waals surface area contributed by atoms with Gasteiger partial charge in [0.1, 0.15) is 12.4 Å². The van der Waals surface area contributed by atoms with Crippen molar-refractivity contribution >= 4 is 28.5 Å². The van der Waals surface area contributed by atoms with Crippen molar-refractivity contribution in [1.82, 2.24) is 14.9 Å². The van der Waals surface area contributed by atoms with Crippen LogP contribution in [0.4, 0.5) is 0 Å². The number of fused-ring (bicyclic) bond motifs is 1. The number of nitrogens with zero attached hydrogens (tertiary/aromatic N) is 2. The molecule has 1 aromatic heterocycles. The second-order valence-electron chi connectivity index (χ2n) is 5.72. The normalized spacial score (nSPS) is 10.9. The topological polar surface area (TPSA) is 46.9 Å². The largest absolute Gasteiger partial charge is 0.355 e. The van der Waals surface area contributed by atoms with Crippen molar-refractivity contribution < 1.29 is 4.79 Å². The van der Waals surface area contributed by atoms with Crippen LogP contribution in [0.5, 0.6) is 0 Å². The smallest absolute Gasteiger partial charge is 0.240 e. The highest BCUT2D eigenvalue weighted by Gasteiger charge is 2.14. The maximum absolute atomic E-state index is 12.2. The summed E-state index contributed by atoms with van der Waals surface area (Å²) in [6, 6.07) is 15.6. The molecule has 0 unspecified atom stereocenters. The van der Waals surface area contributed by atoms with Gasteiger partial charge in [-0.2, -0.15) is 0 Å². The fourth-order valence-corrected chi connectivity index (χ4v) is 2.92.